The monoisotopic (exact) mass is 531 g/mol. The first-order valence-corrected chi connectivity index (χ1v) is 11.1. The number of nitrogens with zero attached hydrogens (tertiary/aromatic N) is 3. The average molecular weight is 533 g/mol. The van der Waals surface area contributed by atoms with Crippen LogP contribution in [-0.2, 0) is 0 Å². The van der Waals surface area contributed by atoms with Crippen LogP contribution in [0, 0.1) is 0 Å². The quantitative estimate of drug-likeness (QED) is 0.297. The Kier molecular flexibility index (Phi) is 7.14. The predicted molar refractivity (Wildman–Crippen MR) is 139 cm³/mol. The number of allylic oxidation sites excluding steroid dienone is 1. The number of amides is 1. The van der Waals surface area contributed by atoms with Crippen molar-refractivity contribution in [3.63, 3.8) is 0 Å². The first-order valence-electron chi connectivity index (χ1n) is 10.00. The first-order chi connectivity index (χ1) is 16.0. The van der Waals surface area contributed by atoms with Crippen LogP contribution >= 0.6 is 47.2 Å². The molecule has 0 saturated carbocycles. The molecule has 0 bridgehead atoms. The molecule has 10 heteroatoms. The summed E-state index contributed by atoms with van der Waals surface area (Å²) in [6.07, 6.45) is 2.04. The molecule has 0 spiro atoms. The number of benzene rings is 3. The lowest BCUT2D eigenvalue weighted by atomic mass is 10.0. The summed E-state index contributed by atoms with van der Waals surface area (Å²) in [5.41, 5.74) is 3.21. The Morgan fingerprint density at radius 1 is 0.853 bits per heavy atom. The molecule has 0 fully saturated rings. The van der Waals surface area contributed by atoms with Gasteiger partial charge in [-0.1, -0.05) is 59.1 Å². The summed E-state index contributed by atoms with van der Waals surface area (Å²) < 4.78 is 1.72. The molecule has 1 aliphatic heterocycles. The van der Waals surface area contributed by atoms with E-state index in [1.54, 1.807) is 28.9 Å². The van der Waals surface area contributed by atoms with Gasteiger partial charge in [0.15, 0.2) is 0 Å². The molecule has 34 heavy (non-hydrogen) atoms. The molecule has 1 aromatic heterocycles. The molecule has 1 aliphatic rings. The molecule has 0 saturated heterocycles. The number of anilines is 2. The third-order valence-electron chi connectivity index (χ3n) is 5.16. The van der Waals surface area contributed by atoms with Crippen LogP contribution in [0.15, 0.2) is 78.9 Å². The standard InChI is InChI=1S/C24H16Cl3N5O.ClH/c25-17-7-1-14(2-8-17)20-13-21(15-3-9-18(26)10-4-15)32-24(28-20)30-23(31-32)29-22(33)16-5-11-19(27)12-6-16;/h1-13,21H,(H2,28,29,30,31,33);1H. The Morgan fingerprint density at radius 2 is 1.41 bits per heavy atom. The van der Waals surface area contributed by atoms with Gasteiger partial charge in [0.2, 0.25) is 5.95 Å². The number of halogens is 4. The number of hydrogen-bond acceptors (Lipinski definition) is 4. The molecule has 0 radical (unpaired) electrons. The van der Waals surface area contributed by atoms with E-state index in [1.165, 1.54) is 0 Å². The summed E-state index contributed by atoms with van der Waals surface area (Å²) in [5.74, 6) is 0.347. The van der Waals surface area contributed by atoms with Crippen LogP contribution in [0.3, 0.4) is 0 Å². The van der Waals surface area contributed by atoms with E-state index in [-0.39, 0.29) is 30.3 Å². The highest BCUT2D eigenvalue weighted by molar-refractivity contribution is 6.31. The Bertz CT molecular complexity index is 1350. The van der Waals surface area contributed by atoms with E-state index in [9.17, 15) is 4.79 Å². The Hall–Kier alpha value is -3.03. The summed E-state index contributed by atoms with van der Waals surface area (Å²) in [6.45, 7) is 0. The molecule has 1 unspecified atom stereocenters. The molecule has 1 atom stereocenters. The van der Waals surface area contributed by atoms with Crippen molar-refractivity contribution < 1.29 is 4.79 Å². The van der Waals surface area contributed by atoms with E-state index in [1.807, 2.05) is 54.6 Å². The van der Waals surface area contributed by atoms with Crippen molar-refractivity contribution in [2.75, 3.05) is 10.6 Å². The number of nitrogens with one attached hydrogen (secondary N) is 2. The molecule has 6 nitrogen and oxygen atoms in total. The van der Waals surface area contributed by atoms with Crippen LogP contribution in [-0.4, -0.2) is 20.7 Å². The lowest BCUT2D eigenvalue weighted by molar-refractivity contribution is 0.102. The van der Waals surface area contributed by atoms with Crippen molar-refractivity contribution in [3.05, 3.63) is 111 Å². The second-order valence-corrected chi connectivity index (χ2v) is 8.68. The van der Waals surface area contributed by atoms with Crippen molar-refractivity contribution >= 4 is 70.7 Å². The third kappa shape index (κ3) is 5.05. The van der Waals surface area contributed by atoms with Crippen molar-refractivity contribution in [1.82, 2.24) is 14.8 Å². The van der Waals surface area contributed by atoms with Crippen molar-refractivity contribution in [2.24, 2.45) is 0 Å². The second-order valence-electron chi connectivity index (χ2n) is 7.37. The van der Waals surface area contributed by atoms with Gasteiger partial charge in [-0.15, -0.1) is 17.5 Å². The van der Waals surface area contributed by atoms with E-state index in [0.29, 0.717) is 26.6 Å². The van der Waals surface area contributed by atoms with Crippen molar-refractivity contribution in [3.8, 4) is 0 Å². The van der Waals surface area contributed by atoms with Crippen LogP contribution in [0.1, 0.15) is 27.5 Å². The SMILES string of the molecule is Cl.O=C(Nc1nc2n(n1)C(c1ccc(Cl)cc1)C=C(c1ccc(Cl)cc1)N2)c1ccc(Cl)cc1. The van der Waals surface area contributed by atoms with Crippen LogP contribution < -0.4 is 10.6 Å². The lowest BCUT2D eigenvalue weighted by Gasteiger charge is -2.24. The highest BCUT2D eigenvalue weighted by Gasteiger charge is 2.26. The maximum absolute atomic E-state index is 12.6. The van der Waals surface area contributed by atoms with Crippen LogP contribution in [0.5, 0.6) is 0 Å². The normalized spacial score (nSPS) is 14.3. The van der Waals surface area contributed by atoms with E-state index in [4.69, 9.17) is 34.8 Å². The van der Waals surface area contributed by atoms with Gasteiger partial charge in [-0.05, 0) is 65.7 Å². The van der Waals surface area contributed by atoms with Crippen LogP contribution in [0.25, 0.3) is 5.70 Å². The highest BCUT2D eigenvalue weighted by Crippen LogP contribution is 2.34. The van der Waals surface area contributed by atoms with Gasteiger partial charge < -0.3 is 5.32 Å². The molecule has 172 valence electrons. The lowest BCUT2D eigenvalue weighted by Crippen LogP contribution is -2.20. The maximum Gasteiger partial charge on any atom is 0.258 e. The van der Waals surface area contributed by atoms with Gasteiger partial charge in [-0.3, -0.25) is 10.1 Å². The number of fused-ring (bicyclic) bond motifs is 1. The van der Waals surface area contributed by atoms with E-state index < -0.39 is 0 Å². The number of carbonyl (C=O) groups is 1. The fourth-order valence-corrected chi connectivity index (χ4v) is 3.89. The molecule has 5 rings (SSSR count). The minimum Gasteiger partial charge on any atom is -0.324 e. The topological polar surface area (TPSA) is 71.8 Å². The fraction of sp³-hybridized carbons (Fsp3) is 0.0417. The molecule has 2 N–H and O–H groups in total. The smallest absolute Gasteiger partial charge is 0.258 e. The van der Waals surface area contributed by atoms with Gasteiger partial charge in [0.25, 0.3) is 11.9 Å². The highest BCUT2D eigenvalue weighted by atomic mass is 35.5. The minimum atomic E-state index is -0.330. The maximum atomic E-state index is 12.6. The summed E-state index contributed by atoms with van der Waals surface area (Å²) in [4.78, 5) is 17.2. The molecular formula is C24H17Cl4N5O. The fourth-order valence-electron chi connectivity index (χ4n) is 3.52. The zero-order valence-corrected chi connectivity index (χ0v) is 20.5. The zero-order chi connectivity index (χ0) is 22.9. The predicted octanol–water partition coefficient (Wildman–Crippen LogP) is 6.97. The van der Waals surface area contributed by atoms with Gasteiger partial charge >= 0.3 is 0 Å². The van der Waals surface area contributed by atoms with Gasteiger partial charge in [0.05, 0.1) is 0 Å². The van der Waals surface area contributed by atoms with Gasteiger partial charge in [0.1, 0.15) is 6.04 Å². The van der Waals surface area contributed by atoms with Crippen molar-refractivity contribution in [2.45, 2.75) is 6.04 Å². The van der Waals surface area contributed by atoms with Crippen molar-refractivity contribution in [1.29, 1.82) is 0 Å². The number of aromatic nitrogens is 3. The third-order valence-corrected chi connectivity index (χ3v) is 5.92. The summed E-state index contributed by atoms with van der Waals surface area (Å²) >= 11 is 18.1. The summed E-state index contributed by atoms with van der Waals surface area (Å²) in [7, 11) is 0. The van der Waals surface area contributed by atoms with Crippen LogP contribution in [0.2, 0.25) is 15.1 Å². The summed E-state index contributed by atoms with van der Waals surface area (Å²) in [5, 5.41) is 12.4. The number of carbonyl (C=O) groups excluding carboxylic acids is 1. The second kappa shape index (κ2) is 10.1. The Morgan fingerprint density at radius 3 is 2.03 bits per heavy atom. The van der Waals surface area contributed by atoms with E-state index in [2.05, 4.69) is 20.7 Å². The number of hydrogen-bond donors (Lipinski definition) is 2. The van der Waals surface area contributed by atoms with E-state index in [0.717, 1.165) is 16.8 Å². The average Bonchev–Trinajstić information content (AvgIpc) is 3.22. The van der Waals surface area contributed by atoms with E-state index >= 15 is 0 Å². The first kappa shape index (κ1) is 24.1. The minimum absolute atomic E-state index is 0. The van der Waals surface area contributed by atoms with Crippen LogP contribution in [0.4, 0.5) is 11.9 Å². The largest absolute Gasteiger partial charge is 0.324 e. The zero-order valence-electron chi connectivity index (χ0n) is 17.4. The molecule has 1 amide bonds. The molecule has 0 aliphatic carbocycles. The Balaban J connectivity index is 0.00000274. The molecule has 4 aromatic rings. The molecule has 2 heterocycles. The molecule has 3 aromatic carbocycles. The number of rotatable bonds is 4. The summed E-state index contributed by atoms with van der Waals surface area (Å²) in [6, 6.07) is 21.4. The van der Waals surface area contributed by atoms with Gasteiger partial charge in [0, 0.05) is 26.3 Å². The Labute approximate surface area is 217 Å². The van der Waals surface area contributed by atoms with Gasteiger partial charge in [-0.2, -0.15) is 4.98 Å². The molecular weight excluding hydrogens is 516 g/mol. The van der Waals surface area contributed by atoms with Gasteiger partial charge in [-0.25, -0.2) is 4.68 Å².